The zero-order valence-corrected chi connectivity index (χ0v) is 14.2. The van der Waals surface area contributed by atoms with Gasteiger partial charge in [-0.15, -0.1) is 0 Å². The molecule has 0 saturated carbocycles. The van der Waals surface area contributed by atoms with E-state index in [1.807, 2.05) is 4.72 Å². The number of oxazole rings is 1. The van der Waals surface area contributed by atoms with E-state index in [0.29, 0.717) is 12.3 Å². The predicted octanol–water partition coefficient (Wildman–Crippen LogP) is 2.35. The van der Waals surface area contributed by atoms with Crippen LogP contribution < -0.4 is 4.72 Å². The third-order valence-corrected chi connectivity index (χ3v) is 4.98. The van der Waals surface area contributed by atoms with E-state index >= 15 is 0 Å². The maximum absolute atomic E-state index is 13.8. The molecule has 0 unspecified atom stereocenters. The fourth-order valence-electron chi connectivity index (χ4n) is 2.40. The molecule has 9 heteroatoms. The Labute approximate surface area is 143 Å². The zero-order valence-electron chi connectivity index (χ0n) is 13.4. The van der Waals surface area contributed by atoms with Crippen LogP contribution in [0.1, 0.15) is 29.1 Å². The highest BCUT2D eigenvalue weighted by molar-refractivity contribution is 7.90. The second-order valence-electron chi connectivity index (χ2n) is 5.28. The number of hydrogen-bond donors (Lipinski definition) is 1. The van der Waals surface area contributed by atoms with E-state index in [9.17, 15) is 17.6 Å². The van der Waals surface area contributed by atoms with E-state index in [1.165, 1.54) is 18.5 Å². The number of hydrogen-bond acceptors (Lipinski definition) is 6. The summed E-state index contributed by atoms with van der Waals surface area (Å²) < 4.78 is 46.2. The third kappa shape index (κ3) is 3.10. The number of amides is 1. The number of halogens is 1. The molecular formula is C16H14FN3O4S. The molecule has 3 aromatic rings. The van der Waals surface area contributed by atoms with E-state index in [4.69, 9.17) is 4.42 Å². The van der Waals surface area contributed by atoms with Gasteiger partial charge < -0.3 is 4.42 Å². The van der Waals surface area contributed by atoms with Crippen LogP contribution in [0.5, 0.6) is 0 Å². The molecule has 0 spiro atoms. The first-order valence-electron chi connectivity index (χ1n) is 7.39. The Hall–Kier alpha value is -2.81. The van der Waals surface area contributed by atoms with Gasteiger partial charge in [0, 0.05) is 29.6 Å². The summed E-state index contributed by atoms with van der Waals surface area (Å²) in [5, 5.41) is 0.167. The molecule has 1 aromatic carbocycles. The van der Waals surface area contributed by atoms with Crippen molar-refractivity contribution in [2.75, 3.05) is 0 Å². The number of carbonyl (C=O) groups excluding carboxylic acids is 1. The maximum Gasteiger partial charge on any atom is 0.302 e. The Bertz CT molecular complexity index is 1080. The molecular weight excluding hydrogens is 349 g/mol. The van der Waals surface area contributed by atoms with Crippen molar-refractivity contribution in [3.8, 4) is 0 Å². The molecule has 0 atom stereocenters. The Morgan fingerprint density at radius 3 is 2.72 bits per heavy atom. The highest BCUT2D eigenvalue weighted by Crippen LogP contribution is 2.25. The van der Waals surface area contributed by atoms with Gasteiger partial charge in [-0.05, 0) is 25.1 Å². The predicted molar refractivity (Wildman–Crippen MR) is 87.0 cm³/mol. The van der Waals surface area contributed by atoms with Gasteiger partial charge in [0.05, 0.1) is 10.6 Å². The Morgan fingerprint density at radius 2 is 2.04 bits per heavy atom. The van der Waals surface area contributed by atoms with Gasteiger partial charge in [0.25, 0.3) is 10.0 Å². The van der Waals surface area contributed by atoms with Gasteiger partial charge in [0.1, 0.15) is 5.82 Å². The van der Waals surface area contributed by atoms with Crippen molar-refractivity contribution in [2.45, 2.75) is 25.2 Å². The molecule has 2 aromatic heterocycles. The monoisotopic (exact) mass is 363 g/mol. The second-order valence-corrected chi connectivity index (χ2v) is 6.93. The number of nitrogens with one attached hydrogen (secondary N) is 1. The number of fused-ring (bicyclic) bond motifs is 1. The number of aromatic nitrogens is 2. The lowest BCUT2D eigenvalue weighted by atomic mass is 10.2. The molecule has 0 bridgehead atoms. The molecule has 2 heterocycles. The van der Waals surface area contributed by atoms with Crippen LogP contribution >= 0.6 is 0 Å². The van der Waals surface area contributed by atoms with Gasteiger partial charge in [-0.2, -0.15) is 0 Å². The number of pyridine rings is 1. The largest absolute Gasteiger partial charge is 0.435 e. The van der Waals surface area contributed by atoms with Crippen molar-refractivity contribution in [1.82, 2.24) is 14.7 Å². The van der Waals surface area contributed by atoms with Gasteiger partial charge in [-0.1, -0.05) is 6.92 Å². The lowest BCUT2D eigenvalue weighted by Gasteiger charge is -2.09. The molecule has 3 rings (SSSR count). The summed E-state index contributed by atoms with van der Waals surface area (Å²) in [6, 6.07) is 3.47. The van der Waals surface area contributed by atoms with Crippen LogP contribution in [0, 0.1) is 12.7 Å². The average molecular weight is 363 g/mol. The van der Waals surface area contributed by atoms with Gasteiger partial charge in [-0.25, -0.2) is 22.5 Å². The normalized spacial score (nSPS) is 11.6. The van der Waals surface area contributed by atoms with Gasteiger partial charge in [-0.3, -0.25) is 9.78 Å². The van der Waals surface area contributed by atoms with E-state index in [2.05, 4.69) is 9.97 Å². The molecule has 0 aliphatic rings. The Balaban J connectivity index is 2.01. The Kier molecular flexibility index (Phi) is 4.25. The Morgan fingerprint density at radius 1 is 1.28 bits per heavy atom. The number of rotatable bonds is 4. The van der Waals surface area contributed by atoms with Gasteiger partial charge in [0.15, 0.2) is 5.89 Å². The fraction of sp³-hybridized carbons (Fsp3) is 0.188. The minimum Gasteiger partial charge on any atom is -0.435 e. The third-order valence-electron chi connectivity index (χ3n) is 3.59. The lowest BCUT2D eigenvalue weighted by molar-refractivity contribution is 0.0952. The zero-order chi connectivity index (χ0) is 18.2. The number of carbonyl (C=O) groups is 1. The lowest BCUT2D eigenvalue weighted by Crippen LogP contribution is -2.31. The fourth-order valence-corrected chi connectivity index (χ4v) is 3.56. The first-order chi connectivity index (χ1) is 11.8. The summed E-state index contributed by atoms with van der Waals surface area (Å²) in [6.07, 6.45) is 3.03. The van der Waals surface area contributed by atoms with Crippen molar-refractivity contribution in [3.63, 3.8) is 0 Å². The van der Waals surface area contributed by atoms with E-state index in [-0.39, 0.29) is 27.1 Å². The highest BCUT2D eigenvalue weighted by Gasteiger charge is 2.25. The van der Waals surface area contributed by atoms with Crippen LogP contribution in [0.3, 0.4) is 0 Å². The standard InChI is InChI=1S/C16H14FN3O4S/c1-3-14-19-9(2)15(24-14)16(21)20-25(22,23)13-5-4-12(17)11-8-18-7-6-10(11)13/h4-8H,3H2,1-2H3,(H,20,21). The van der Waals surface area contributed by atoms with Crippen LogP contribution in [0.2, 0.25) is 0 Å². The van der Waals surface area contributed by atoms with Crippen molar-refractivity contribution in [3.05, 3.63) is 53.8 Å². The summed E-state index contributed by atoms with van der Waals surface area (Å²) >= 11 is 0. The van der Waals surface area contributed by atoms with Crippen LogP contribution in [0.4, 0.5) is 4.39 Å². The van der Waals surface area contributed by atoms with Crippen LogP contribution in [0.15, 0.2) is 39.9 Å². The molecule has 0 aliphatic heterocycles. The number of nitrogens with zero attached hydrogens (tertiary/aromatic N) is 2. The first-order valence-corrected chi connectivity index (χ1v) is 8.87. The summed E-state index contributed by atoms with van der Waals surface area (Å²) in [6.45, 7) is 3.34. The second kappa shape index (κ2) is 6.25. The summed E-state index contributed by atoms with van der Waals surface area (Å²) in [5.74, 6) is -1.38. The molecule has 0 fully saturated rings. The molecule has 0 saturated heterocycles. The first kappa shape index (κ1) is 17.0. The molecule has 0 radical (unpaired) electrons. The number of sulfonamides is 1. The van der Waals surface area contributed by atoms with Crippen LogP contribution in [0.25, 0.3) is 10.8 Å². The summed E-state index contributed by atoms with van der Waals surface area (Å²) in [4.78, 5) is 19.9. The van der Waals surface area contributed by atoms with Crippen molar-refractivity contribution in [2.24, 2.45) is 0 Å². The number of benzene rings is 1. The van der Waals surface area contributed by atoms with Crippen molar-refractivity contribution < 1.29 is 22.0 Å². The van der Waals surface area contributed by atoms with Crippen molar-refractivity contribution in [1.29, 1.82) is 0 Å². The van der Waals surface area contributed by atoms with E-state index in [0.717, 1.165) is 12.1 Å². The van der Waals surface area contributed by atoms with Crippen LogP contribution in [-0.4, -0.2) is 24.3 Å². The molecule has 1 amide bonds. The average Bonchev–Trinajstić information content (AvgIpc) is 2.96. The SMILES string of the molecule is CCc1nc(C)c(C(=O)NS(=O)(=O)c2ccc(F)c3cnccc23)o1. The topological polar surface area (TPSA) is 102 Å². The van der Waals surface area contributed by atoms with Crippen molar-refractivity contribution >= 4 is 26.7 Å². The van der Waals surface area contributed by atoms with E-state index in [1.54, 1.807) is 13.8 Å². The number of aryl methyl sites for hydroxylation is 2. The maximum atomic E-state index is 13.8. The summed E-state index contributed by atoms with van der Waals surface area (Å²) in [7, 11) is -4.25. The molecule has 0 aliphatic carbocycles. The summed E-state index contributed by atoms with van der Waals surface area (Å²) in [5.41, 5.74) is 0.290. The minimum absolute atomic E-state index is 0.0435. The van der Waals surface area contributed by atoms with Gasteiger partial charge >= 0.3 is 5.91 Å². The van der Waals surface area contributed by atoms with E-state index < -0.39 is 21.7 Å². The highest BCUT2D eigenvalue weighted by atomic mass is 32.2. The smallest absolute Gasteiger partial charge is 0.302 e. The molecule has 7 nitrogen and oxygen atoms in total. The quantitative estimate of drug-likeness (QED) is 0.763. The van der Waals surface area contributed by atoms with Gasteiger partial charge in [0.2, 0.25) is 5.76 Å². The van der Waals surface area contributed by atoms with Crippen LogP contribution in [-0.2, 0) is 16.4 Å². The minimum atomic E-state index is -4.25. The molecule has 130 valence electrons. The molecule has 25 heavy (non-hydrogen) atoms. The molecule has 1 N–H and O–H groups in total.